The summed E-state index contributed by atoms with van der Waals surface area (Å²) in [6.07, 6.45) is 1.84. The standard InChI is InChI=1S/C16H20N2O2/c1-10-7-11(2)16(18-9-10)15(17)12-5-6-13(19-3)14(8-12)20-4/h5-9,15H,17H2,1-4H3. The average molecular weight is 272 g/mol. The number of rotatable bonds is 4. The molecule has 0 amide bonds. The molecule has 20 heavy (non-hydrogen) atoms. The van der Waals surface area contributed by atoms with Crippen LogP contribution in [0.4, 0.5) is 0 Å². The van der Waals surface area contributed by atoms with Gasteiger partial charge in [0.25, 0.3) is 0 Å². The molecule has 0 bridgehead atoms. The van der Waals surface area contributed by atoms with Crippen LogP contribution in [0.2, 0.25) is 0 Å². The third-order valence-corrected chi connectivity index (χ3v) is 3.32. The average Bonchev–Trinajstić information content (AvgIpc) is 2.45. The highest BCUT2D eigenvalue weighted by Gasteiger charge is 2.15. The van der Waals surface area contributed by atoms with Crippen LogP contribution in [-0.4, -0.2) is 19.2 Å². The number of hydrogen-bond acceptors (Lipinski definition) is 4. The normalized spacial score (nSPS) is 12.1. The third-order valence-electron chi connectivity index (χ3n) is 3.32. The maximum Gasteiger partial charge on any atom is 0.161 e. The van der Waals surface area contributed by atoms with Crippen molar-refractivity contribution in [3.05, 3.63) is 52.8 Å². The fourth-order valence-electron chi connectivity index (χ4n) is 2.26. The van der Waals surface area contributed by atoms with E-state index < -0.39 is 0 Å². The highest BCUT2D eigenvalue weighted by atomic mass is 16.5. The van der Waals surface area contributed by atoms with Gasteiger partial charge in [-0.05, 0) is 42.7 Å². The van der Waals surface area contributed by atoms with Gasteiger partial charge < -0.3 is 15.2 Å². The summed E-state index contributed by atoms with van der Waals surface area (Å²) >= 11 is 0. The smallest absolute Gasteiger partial charge is 0.161 e. The summed E-state index contributed by atoms with van der Waals surface area (Å²) in [7, 11) is 3.23. The first kappa shape index (κ1) is 14.3. The van der Waals surface area contributed by atoms with Crippen LogP contribution in [-0.2, 0) is 0 Å². The predicted molar refractivity (Wildman–Crippen MR) is 79.3 cm³/mol. The van der Waals surface area contributed by atoms with Crippen molar-refractivity contribution in [3.63, 3.8) is 0 Å². The molecule has 0 aliphatic rings. The number of nitrogens with two attached hydrogens (primary N) is 1. The monoisotopic (exact) mass is 272 g/mol. The van der Waals surface area contributed by atoms with Crippen molar-refractivity contribution in [1.29, 1.82) is 0 Å². The molecule has 2 N–H and O–H groups in total. The van der Waals surface area contributed by atoms with E-state index in [-0.39, 0.29) is 6.04 Å². The maximum atomic E-state index is 6.32. The molecule has 1 unspecified atom stereocenters. The lowest BCUT2D eigenvalue weighted by atomic mass is 9.99. The van der Waals surface area contributed by atoms with Gasteiger partial charge in [-0.2, -0.15) is 0 Å². The topological polar surface area (TPSA) is 57.4 Å². The first-order valence-corrected chi connectivity index (χ1v) is 6.47. The third kappa shape index (κ3) is 2.75. The van der Waals surface area contributed by atoms with Crippen LogP contribution in [0.25, 0.3) is 0 Å². The van der Waals surface area contributed by atoms with Crippen LogP contribution >= 0.6 is 0 Å². The van der Waals surface area contributed by atoms with Gasteiger partial charge in [0.2, 0.25) is 0 Å². The Morgan fingerprint density at radius 2 is 1.75 bits per heavy atom. The fraction of sp³-hybridized carbons (Fsp3) is 0.312. The zero-order valence-electron chi connectivity index (χ0n) is 12.3. The lowest BCUT2D eigenvalue weighted by Gasteiger charge is -2.16. The van der Waals surface area contributed by atoms with Gasteiger partial charge in [-0.1, -0.05) is 12.1 Å². The van der Waals surface area contributed by atoms with Crippen molar-refractivity contribution >= 4 is 0 Å². The van der Waals surface area contributed by atoms with Crippen molar-refractivity contribution in [3.8, 4) is 11.5 Å². The molecule has 0 radical (unpaired) electrons. The Bertz CT molecular complexity index is 611. The van der Waals surface area contributed by atoms with Gasteiger partial charge in [-0.15, -0.1) is 0 Å². The fourth-order valence-corrected chi connectivity index (χ4v) is 2.26. The summed E-state index contributed by atoms with van der Waals surface area (Å²) in [5, 5.41) is 0. The summed E-state index contributed by atoms with van der Waals surface area (Å²) in [5.74, 6) is 1.36. The minimum Gasteiger partial charge on any atom is -0.493 e. The highest BCUT2D eigenvalue weighted by Crippen LogP contribution is 2.31. The number of methoxy groups -OCH3 is 2. The molecule has 106 valence electrons. The van der Waals surface area contributed by atoms with E-state index in [0.717, 1.165) is 22.4 Å². The molecule has 0 spiro atoms. The van der Waals surface area contributed by atoms with Crippen molar-refractivity contribution in [2.24, 2.45) is 5.73 Å². The Hall–Kier alpha value is -2.07. The molecule has 4 heteroatoms. The van der Waals surface area contributed by atoms with Crippen molar-refractivity contribution in [2.45, 2.75) is 19.9 Å². The van der Waals surface area contributed by atoms with Crippen LogP contribution in [0.1, 0.15) is 28.4 Å². The Labute approximate surface area is 119 Å². The molecule has 0 saturated carbocycles. The number of pyridine rings is 1. The second-order valence-electron chi connectivity index (χ2n) is 4.81. The van der Waals surface area contributed by atoms with E-state index in [1.165, 1.54) is 0 Å². The molecule has 1 heterocycles. The van der Waals surface area contributed by atoms with E-state index in [0.29, 0.717) is 11.5 Å². The molecular weight excluding hydrogens is 252 g/mol. The van der Waals surface area contributed by atoms with E-state index in [1.54, 1.807) is 14.2 Å². The lowest BCUT2D eigenvalue weighted by molar-refractivity contribution is 0.354. The summed E-state index contributed by atoms with van der Waals surface area (Å²) < 4.78 is 10.5. The van der Waals surface area contributed by atoms with Crippen LogP contribution in [0.15, 0.2) is 30.5 Å². The second kappa shape index (κ2) is 5.92. The summed E-state index contributed by atoms with van der Waals surface area (Å²) in [5.41, 5.74) is 10.4. The number of nitrogens with zero attached hydrogens (tertiary/aromatic N) is 1. The number of ether oxygens (including phenoxy) is 2. The number of aryl methyl sites for hydroxylation is 2. The van der Waals surface area contributed by atoms with Gasteiger partial charge in [0.1, 0.15) is 0 Å². The summed E-state index contributed by atoms with van der Waals surface area (Å²) in [4.78, 5) is 4.46. The van der Waals surface area contributed by atoms with Gasteiger partial charge in [-0.25, -0.2) is 0 Å². The van der Waals surface area contributed by atoms with E-state index in [9.17, 15) is 0 Å². The zero-order valence-corrected chi connectivity index (χ0v) is 12.3. The Balaban J connectivity index is 2.40. The molecule has 0 aliphatic heterocycles. The Morgan fingerprint density at radius 1 is 1.05 bits per heavy atom. The first-order chi connectivity index (χ1) is 9.56. The first-order valence-electron chi connectivity index (χ1n) is 6.47. The van der Waals surface area contributed by atoms with Crippen molar-refractivity contribution in [1.82, 2.24) is 4.98 Å². The highest BCUT2D eigenvalue weighted by molar-refractivity contribution is 5.45. The quantitative estimate of drug-likeness (QED) is 0.929. The lowest BCUT2D eigenvalue weighted by Crippen LogP contribution is -2.15. The van der Waals surface area contributed by atoms with Crippen LogP contribution in [0.3, 0.4) is 0 Å². The van der Waals surface area contributed by atoms with Gasteiger partial charge in [-0.3, -0.25) is 4.98 Å². The number of benzene rings is 1. The second-order valence-corrected chi connectivity index (χ2v) is 4.81. The van der Waals surface area contributed by atoms with Crippen molar-refractivity contribution in [2.75, 3.05) is 14.2 Å². The molecule has 1 aromatic heterocycles. The molecule has 2 rings (SSSR count). The molecule has 0 fully saturated rings. The van der Waals surface area contributed by atoms with Gasteiger partial charge >= 0.3 is 0 Å². The number of aromatic nitrogens is 1. The minimum atomic E-state index is -0.282. The maximum absolute atomic E-state index is 6.32. The SMILES string of the molecule is COc1ccc(C(N)c2ncc(C)cc2C)cc1OC. The molecule has 4 nitrogen and oxygen atoms in total. The van der Waals surface area contributed by atoms with E-state index in [1.807, 2.05) is 38.2 Å². The van der Waals surface area contributed by atoms with E-state index in [4.69, 9.17) is 15.2 Å². The van der Waals surface area contributed by atoms with Gasteiger partial charge in [0.15, 0.2) is 11.5 Å². The van der Waals surface area contributed by atoms with E-state index in [2.05, 4.69) is 11.1 Å². The molecule has 1 aromatic carbocycles. The Morgan fingerprint density at radius 3 is 2.35 bits per heavy atom. The minimum absolute atomic E-state index is 0.282. The molecule has 0 aliphatic carbocycles. The van der Waals surface area contributed by atoms with Crippen LogP contribution in [0.5, 0.6) is 11.5 Å². The van der Waals surface area contributed by atoms with Gasteiger partial charge in [0.05, 0.1) is 26.0 Å². The largest absolute Gasteiger partial charge is 0.493 e. The molecule has 0 saturated heterocycles. The zero-order chi connectivity index (χ0) is 14.7. The summed E-state index contributed by atoms with van der Waals surface area (Å²) in [6, 6.07) is 7.49. The number of hydrogen-bond donors (Lipinski definition) is 1. The predicted octanol–water partition coefficient (Wildman–Crippen LogP) is 2.76. The summed E-state index contributed by atoms with van der Waals surface area (Å²) in [6.45, 7) is 4.04. The molecule has 1 atom stereocenters. The van der Waals surface area contributed by atoms with E-state index >= 15 is 0 Å². The van der Waals surface area contributed by atoms with Crippen LogP contribution < -0.4 is 15.2 Å². The van der Waals surface area contributed by atoms with Gasteiger partial charge in [0, 0.05) is 6.20 Å². The Kier molecular flexibility index (Phi) is 4.25. The van der Waals surface area contributed by atoms with Crippen molar-refractivity contribution < 1.29 is 9.47 Å². The van der Waals surface area contributed by atoms with Crippen LogP contribution in [0, 0.1) is 13.8 Å². The molecular formula is C16H20N2O2. The molecule has 2 aromatic rings.